The van der Waals surface area contributed by atoms with E-state index < -0.39 is 5.60 Å². The van der Waals surface area contributed by atoms with E-state index in [1.807, 2.05) is 65.0 Å². The lowest BCUT2D eigenvalue weighted by Gasteiger charge is -2.35. The second kappa shape index (κ2) is 19.2. The van der Waals surface area contributed by atoms with Crippen molar-refractivity contribution in [2.45, 2.75) is 44.4 Å². The lowest BCUT2D eigenvalue weighted by molar-refractivity contribution is -0.0235. The van der Waals surface area contributed by atoms with Crippen LogP contribution in [0.3, 0.4) is 0 Å². The summed E-state index contributed by atoms with van der Waals surface area (Å²) < 4.78 is 31.3. The Bertz CT molecular complexity index is 2740. The van der Waals surface area contributed by atoms with E-state index in [1.165, 1.54) is 24.3 Å². The van der Waals surface area contributed by atoms with Crippen LogP contribution >= 0.6 is 15.9 Å². The summed E-state index contributed by atoms with van der Waals surface area (Å²) in [5, 5.41) is 18.1. The van der Waals surface area contributed by atoms with E-state index in [1.54, 1.807) is 48.8 Å². The number of benzene rings is 4. The Morgan fingerprint density at radius 3 is 1.52 bits per heavy atom. The molecule has 1 fully saturated rings. The van der Waals surface area contributed by atoms with Crippen LogP contribution in [0, 0.1) is 11.6 Å². The maximum absolute atomic E-state index is 13.6. The van der Waals surface area contributed by atoms with Crippen LogP contribution in [0.4, 0.5) is 20.7 Å². The van der Waals surface area contributed by atoms with Crippen LogP contribution in [0.5, 0.6) is 0 Å². The first-order valence-electron chi connectivity index (χ1n) is 20.6. The fraction of sp³-hybridized carbons (Fsp3) is 0.208. The number of imidazole rings is 2. The minimum Gasteiger partial charge on any atom is -0.383 e. The highest BCUT2D eigenvalue weighted by atomic mass is 79.9. The number of aliphatic hydroxyl groups is 1. The predicted octanol–water partition coefficient (Wildman–Crippen LogP) is 9.96. The van der Waals surface area contributed by atoms with Crippen LogP contribution in [-0.2, 0) is 5.60 Å². The molecule has 1 saturated heterocycles. The molecule has 0 aliphatic carbocycles. The van der Waals surface area contributed by atoms with E-state index in [-0.39, 0.29) is 23.7 Å². The zero-order valence-corrected chi connectivity index (χ0v) is 36.5. The fourth-order valence-electron chi connectivity index (χ4n) is 7.30. The molecule has 5 heterocycles. The molecule has 320 valence electrons. The molecule has 12 nitrogen and oxygen atoms in total. The lowest BCUT2D eigenvalue weighted by atomic mass is 9.89. The number of halogens is 3. The van der Waals surface area contributed by atoms with E-state index in [2.05, 4.69) is 89.5 Å². The normalized spacial score (nSPS) is 14.6. The largest absolute Gasteiger partial charge is 0.383 e. The topological polar surface area (TPSA) is 135 Å². The molecule has 0 spiro atoms. The quantitative estimate of drug-likeness (QED) is 0.115. The van der Waals surface area contributed by atoms with Gasteiger partial charge >= 0.3 is 0 Å². The van der Waals surface area contributed by atoms with Crippen molar-refractivity contribution in [1.82, 2.24) is 43.9 Å². The Balaban J connectivity index is 0.000000177. The van der Waals surface area contributed by atoms with Crippen molar-refractivity contribution >= 4 is 27.8 Å². The third-order valence-corrected chi connectivity index (χ3v) is 11.3. The van der Waals surface area contributed by atoms with E-state index in [9.17, 15) is 13.9 Å². The minimum atomic E-state index is -1.03. The van der Waals surface area contributed by atoms with Crippen molar-refractivity contribution < 1.29 is 13.9 Å². The molecular weight excluding hydrogens is 865 g/mol. The molecule has 8 aromatic rings. The van der Waals surface area contributed by atoms with E-state index in [0.29, 0.717) is 58.3 Å². The molecule has 63 heavy (non-hydrogen) atoms. The number of piperidine rings is 1. The van der Waals surface area contributed by atoms with Gasteiger partial charge in [0.05, 0.1) is 17.8 Å². The maximum atomic E-state index is 13.6. The summed E-state index contributed by atoms with van der Waals surface area (Å²) in [6.07, 6.45) is 8.25. The van der Waals surface area contributed by atoms with Gasteiger partial charge in [-0.05, 0) is 121 Å². The van der Waals surface area contributed by atoms with Crippen molar-refractivity contribution in [3.05, 3.63) is 179 Å². The van der Waals surface area contributed by atoms with Crippen LogP contribution < -0.4 is 10.6 Å². The Hall–Kier alpha value is -6.68. The van der Waals surface area contributed by atoms with Crippen LogP contribution in [0.15, 0.2) is 151 Å². The van der Waals surface area contributed by atoms with Crippen molar-refractivity contribution in [2.24, 2.45) is 0 Å². The Morgan fingerprint density at radius 1 is 0.603 bits per heavy atom. The molecule has 3 N–H and O–H groups in total. The number of rotatable bonds is 11. The summed E-state index contributed by atoms with van der Waals surface area (Å²) in [7, 11) is 2.05. The number of nitrogens with one attached hydrogen (secondary N) is 2. The van der Waals surface area contributed by atoms with Crippen LogP contribution in [0.2, 0.25) is 0 Å². The number of hydrogen-bond acceptors (Lipinski definition) is 10. The molecule has 4 aromatic carbocycles. The van der Waals surface area contributed by atoms with Gasteiger partial charge < -0.3 is 20.6 Å². The molecule has 0 saturated carbocycles. The first-order chi connectivity index (χ1) is 30.5. The zero-order chi connectivity index (χ0) is 43.9. The zero-order valence-electron chi connectivity index (χ0n) is 34.9. The van der Waals surface area contributed by atoms with Crippen molar-refractivity contribution in [2.75, 3.05) is 30.8 Å². The summed E-state index contributed by atoms with van der Waals surface area (Å²) in [6.45, 7) is 5.69. The van der Waals surface area contributed by atoms with E-state index in [0.717, 1.165) is 35.3 Å². The van der Waals surface area contributed by atoms with Gasteiger partial charge in [0.25, 0.3) is 0 Å². The highest BCUT2D eigenvalue weighted by Crippen LogP contribution is 2.35. The molecule has 0 amide bonds. The summed E-state index contributed by atoms with van der Waals surface area (Å²) in [5.41, 5.74) is 3.37. The van der Waals surface area contributed by atoms with E-state index in [4.69, 9.17) is 9.97 Å². The van der Waals surface area contributed by atoms with Gasteiger partial charge in [0.1, 0.15) is 45.1 Å². The number of aromatic nitrogens is 8. The van der Waals surface area contributed by atoms with Gasteiger partial charge in [-0.3, -0.25) is 9.13 Å². The molecule has 9 rings (SSSR count). The fourth-order valence-corrected chi connectivity index (χ4v) is 7.67. The second-order valence-corrected chi connectivity index (χ2v) is 16.3. The van der Waals surface area contributed by atoms with Crippen LogP contribution in [-0.4, -0.2) is 69.2 Å². The Labute approximate surface area is 372 Å². The number of anilines is 2. The molecule has 2 atom stereocenters. The molecule has 15 heteroatoms. The lowest BCUT2D eigenvalue weighted by Crippen LogP contribution is -2.40. The molecule has 1 aliphatic heterocycles. The Kier molecular flexibility index (Phi) is 13.1. The first kappa shape index (κ1) is 43.0. The van der Waals surface area contributed by atoms with Crippen LogP contribution in [0.25, 0.3) is 34.4 Å². The van der Waals surface area contributed by atoms with Crippen LogP contribution in [0.1, 0.15) is 55.6 Å². The average molecular weight is 911 g/mol. The van der Waals surface area contributed by atoms with Gasteiger partial charge in [-0.15, -0.1) is 0 Å². The number of likely N-dealkylation sites (tertiary alicyclic amines) is 1. The van der Waals surface area contributed by atoms with Gasteiger partial charge in [0.15, 0.2) is 0 Å². The number of nitrogens with zero attached hydrogens (tertiary/aromatic N) is 9. The van der Waals surface area contributed by atoms with E-state index >= 15 is 0 Å². The molecular formula is C48H46BrF2N11O. The Morgan fingerprint density at radius 2 is 1.05 bits per heavy atom. The SMILES string of the molecule is C[C@H](Nc1nccc(-n2cc(Br)nc2-c2ccc(F)cc2)n1)c1ccccc1.C[C@H](Nc1nccc(-n2cc(C3(O)CCN(C)CC3)nc2-c2ccc(F)cc2)n1)c1ccccc1. The minimum absolute atomic E-state index is 0.0151. The third kappa shape index (κ3) is 10.3. The van der Waals surface area contributed by atoms with Crippen molar-refractivity contribution in [1.29, 1.82) is 0 Å². The number of hydrogen-bond donors (Lipinski definition) is 3. The summed E-state index contributed by atoms with van der Waals surface area (Å²) in [6, 6.07) is 36.3. The van der Waals surface area contributed by atoms with Gasteiger partial charge in [-0.1, -0.05) is 60.7 Å². The molecule has 0 unspecified atom stereocenters. The van der Waals surface area contributed by atoms with Crippen molar-refractivity contribution in [3.63, 3.8) is 0 Å². The van der Waals surface area contributed by atoms with Gasteiger partial charge in [-0.25, -0.2) is 28.7 Å². The summed E-state index contributed by atoms with van der Waals surface area (Å²) in [5.74, 6) is 2.92. The second-order valence-electron chi connectivity index (χ2n) is 15.5. The summed E-state index contributed by atoms with van der Waals surface area (Å²) >= 11 is 3.42. The monoisotopic (exact) mass is 909 g/mol. The molecule has 0 radical (unpaired) electrons. The smallest absolute Gasteiger partial charge is 0.225 e. The molecule has 4 aromatic heterocycles. The molecule has 0 bridgehead atoms. The predicted molar refractivity (Wildman–Crippen MR) is 244 cm³/mol. The molecule has 1 aliphatic rings. The first-order valence-corrected chi connectivity index (χ1v) is 21.4. The van der Waals surface area contributed by atoms with Gasteiger partial charge in [0, 0.05) is 49.0 Å². The van der Waals surface area contributed by atoms with Gasteiger partial charge in [-0.2, -0.15) is 9.97 Å². The van der Waals surface area contributed by atoms with Gasteiger partial charge in [0.2, 0.25) is 11.9 Å². The highest BCUT2D eigenvalue weighted by molar-refractivity contribution is 9.10. The standard InChI is InChI=1S/C27H29FN6O.C21H17BrFN5/c1-19(20-6-4-3-5-7-20)30-26-29-15-12-24(32-26)34-18-23(27(35)13-16-33(2)17-14-27)31-25(34)21-8-10-22(28)11-9-21;1-14(15-5-3-2-4-6-15)25-21-24-12-11-19(27-21)28-13-18(22)26-20(28)16-7-9-17(23)10-8-16/h3-12,15,18-19,35H,13-14,16-17H2,1-2H3,(H,29,30,32);2-14H,1H3,(H,24,25,27)/t19-;14-/m00/s1. The third-order valence-electron chi connectivity index (χ3n) is 10.9. The maximum Gasteiger partial charge on any atom is 0.225 e. The van der Waals surface area contributed by atoms with Crippen molar-refractivity contribution in [3.8, 4) is 34.4 Å². The highest BCUT2D eigenvalue weighted by Gasteiger charge is 2.36. The average Bonchev–Trinajstić information content (AvgIpc) is 3.94. The summed E-state index contributed by atoms with van der Waals surface area (Å²) in [4.78, 5) is 29.6.